The van der Waals surface area contributed by atoms with Gasteiger partial charge in [-0.05, 0) is 48.5 Å². The van der Waals surface area contributed by atoms with Gasteiger partial charge in [0, 0.05) is 24.5 Å². The molecule has 28 heavy (non-hydrogen) atoms. The summed E-state index contributed by atoms with van der Waals surface area (Å²) in [6.45, 7) is 0. The molecule has 0 aliphatic heterocycles. The molecule has 3 N–H and O–H groups in total. The van der Waals surface area contributed by atoms with E-state index in [2.05, 4.69) is 15.3 Å². The second-order valence-electron chi connectivity index (χ2n) is 6.29. The van der Waals surface area contributed by atoms with Crippen molar-refractivity contribution in [3.05, 3.63) is 82.8 Å². The largest absolute Gasteiger partial charge is 0.399 e. The number of carbonyl (C=O) groups excluding carboxylic acids is 1. The summed E-state index contributed by atoms with van der Waals surface area (Å²) in [6, 6.07) is 17.3. The van der Waals surface area contributed by atoms with E-state index in [0.717, 1.165) is 5.56 Å². The highest BCUT2D eigenvalue weighted by atomic mass is 16.2. The fourth-order valence-electron chi connectivity index (χ4n) is 2.99. The predicted octanol–water partition coefficient (Wildman–Crippen LogP) is 2.83. The first-order valence-electron chi connectivity index (χ1n) is 8.62. The highest BCUT2D eigenvalue weighted by molar-refractivity contribution is 6.11. The third-order valence-electron chi connectivity index (χ3n) is 4.43. The van der Waals surface area contributed by atoms with E-state index in [1.54, 1.807) is 73.9 Å². The van der Waals surface area contributed by atoms with Crippen molar-refractivity contribution in [3.8, 4) is 11.4 Å². The van der Waals surface area contributed by atoms with Crippen molar-refractivity contribution in [2.24, 2.45) is 7.05 Å². The highest BCUT2D eigenvalue weighted by Crippen LogP contribution is 2.22. The molecule has 138 valence electrons. The van der Waals surface area contributed by atoms with Crippen LogP contribution in [0.1, 0.15) is 10.4 Å². The van der Waals surface area contributed by atoms with Gasteiger partial charge in [0.25, 0.3) is 11.5 Å². The van der Waals surface area contributed by atoms with Gasteiger partial charge in [0.15, 0.2) is 0 Å². The molecule has 0 atom stereocenters. The number of nitrogen functional groups attached to an aromatic ring is 1. The number of benzene rings is 2. The molecule has 0 radical (unpaired) electrons. The lowest BCUT2D eigenvalue weighted by Crippen LogP contribution is -2.22. The Hall–Kier alpha value is -4.00. The molecule has 0 aliphatic carbocycles. The number of nitrogens with one attached hydrogen (secondary N) is 1. The molecule has 2 heterocycles. The first-order chi connectivity index (χ1) is 13.5. The molecule has 7 nitrogen and oxygen atoms in total. The zero-order valence-corrected chi connectivity index (χ0v) is 15.1. The van der Waals surface area contributed by atoms with E-state index < -0.39 is 0 Å². The Balaban J connectivity index is 1.87. The van der Waals surface area contributed by atoms with Crippen LogP contribution >= 0.6 is 0 Å². The van der Waals surface area contributed by atoms with E-state index >= 15 is 0 Å². The van der Waals surface area contributed by atoms with Gasteiger partial charge in [-0.15, -0.1) is 0 Å². The van der Waals surface area contributed by atoms with E-state index in [4.69, 9.17) is 5.73 Å². The van der Waals surface area contributed by atoms with Crippen LogP contribution in [0.25, 0.3) is 22.3 Å². The molecule has 4 aromatic rings. The van der Waals surface area contributed by atoms with Crippen LogP contribution in [0.15, 0.2) is 71.7 Å². The Kier molecular flexibility index (Phi) is 4.33. The zero-order chi connectivity index (χ0) is 19.7. The monoisotopic (exact) mass is 371 g/mol. The van der Waals surface area contributed by atoms with E-state index in [9.17, 15) is 9.59 Å². The predicted molar refractivity (Wildman–Crippen MR) is 109 cm³/mol. The molecule has 0 saturated heterocycles. The molecule has 0 saturated carbocycles. The quantitative estimate of drug-likeness (QED) is 0.539. The number of aromatic nitrogens is 3. The first kappa shape index (κ1) is 17.4. The van der Waals surface area contributed by atoms with Crippen molar-refractivity contribution in [2.75, 3.05) is 11.1 Å². The number of fused-ring (bicyclic) bond motifs is 1. The molecule has 0 bridgehead atoms. The molecule has 0 spiro atoms. The Labute approximate surface area is 160 Å². The van der Waals surface area contributed by atoms with Crippen LogP contribution in [0.5, 0.6) is 0 Å². The molecule has 2 aromatic heterocycles. The zero-order valence-electron chi connectivity index (χ0n) is 15.1. The fraction of sp³-hybridized carbons (Fsp3) is 0.0476. The number of hydrogen-bond acceptors (Lipinski definition) is 5. The summed E-state index contributed by atoms with van der Waals surface area (Å²) >= 11 is 0. The molecule has 0 unspecified atom stereocenters. The van der Waals surface area contributed by atoms with Gasteiger partial charge in [-0.3, -0.25) is 14.2 Å². The lowest BCUT2D eigenvalue weighted by Gasteiger charge is -2.12. The summed E-state index contributed by atoms with van der Waals surface area (Å²) in [7, 11) is 1.65. The summed E-state index contributed by atoms with van der Waals surface area (Å²) in [5, 5.41) is 3.11. The van der Waals surface area contributed by atoms with E-state index in [0.29, 0.717) is 33.8 Å². The van der Waals surface area contributed by atoms with Crippen LogP contribution in [-0.4, -0.2) is 20.4 Å². The summed E-state index contributed by atoms with van der Waals surface area (Å²) in [6.07, 6.45) is 1.59. The average Bonchev–Trinajstić information content (AvgIpc) is 2.71. The number of hydrogen-bond donors (Lipinski definition) is 2. The number of anilines is 2. The number of nitrogens with two attached hydrogens (primary N) is 1. The number of nitrogens with zero attached hydrogens (tertiary/aromatic N) is 3. The Morgan fingerprint density at radius 1 is 1.04 bits per heavy atom. The van der Waals surface area contributed by atoms with Crippen molar-refractivity contribution in [3.63, 3.8) is 0 Å². The van der Waals surface area contributed by atoms with Gasteiger partial charge >= 0.3 is 0 Å². The van der Waals surface area contributed by atoms with Gasteiger partial charge < -0.3 is 11.1 Å². The SMILES string of the molecule is Cn1c(-c2ccc(N)cc2)nc2c(C(=O)Nc3ccccn3)cccc2c1=O. The van der Waals surface area contributed by atoms with E-state index in [-0.39, 0.29) is 11.5 Å². The molecule has 4 rings (SSSR count). The standard InChI is InChI=1S/C21H17N5O2/c1-26-19(13-8-10-14(22)11-9-13)25-18-15(5-4-6-16(18)21(26)28)20(27)24-17-7-2-3-12-23-17/h2-12H,22H2,1H3,(H,23,24,27). The van der Waals surface area contributed by atoms with Crippen LogP contribution in [0.2, 0.25) is 0 Å². The average molecular weight is 371 g/mol. The summed E-state index contributed by atoms with van der Waals surface area (Å²) in [4.78, 5) is 34.4. The Bertz CT molecular complexity index is 1230. The van der Waals surface area contributed by atoms with E-state index in [1.807, 2.05) is 0 Å². The lowest BCUT2D eigenvalue weighted by molar-refractivity contribution is 0.102. The lowest BCUT2D eigenvalue weighted by atomic mass is 10.1. The second-order valence-corrected chi connectivity index (χ2v) is 6.29. The van der Waals surface area contributed by atoms with E-state index in [1.165, 1.54) is 4.57 Å². The van der Waals surface area contributed by atoms with Gasteiger partial charge in [0.05, 0.1) is 16.5 Å². The molecule has 2 aromatic carbocycles. The van der Waals surface area contributed by atoms with Crippen LogP contribution < -0.4 is 16.6 Å². The minimum absolute atomic E-state index is 0.232. The van der Waals surface area contributed by atoms with Gasteiger partial charge in [-0.25, -0.2) is 9.97 Å². The number of carbonyl (C=O) groups is 1. The van der Waals surface area contributed by atoms with Crippen molar-refractivity contribution < 1.29 is 4.79 Å². The third kappa shape index (κ3) is 3.09. The maximum Gasteiger partial charge on any atom is 0.261 e. The normalized spacial score (nSPS) is 10.8. The summed E-state index contributed by atoms with van der Waals surface area (Å²) in [5.74, 6) is 0.496. The number of rotatable bonds is 3. The number of para-hydroxylation sites is 1. The Morgan fingerprint density at radius 2 is 1.82 bits per heavy atom. The topological polar surface area (TPSA) is 103 Å². The number of amides is 1. The third-order valence-corrected chi connectivity index (χ3v) is 4.43. The molecule has 1 amide bonds. The summed E-state index contributed by atoms with van der Waals surface area (Å²) in [5.41, 5.74) is 7.51. The van der Waals surface area contributed by atoms with Crippen LogP contribution in [0.3, 0.4) is 0 Å². The van der Waals surface area contributed by atoms with Gasteiger partial charge in [0.1, 0.15) is 11.6 Å². The van der Waals surface area contributed by atoms with Crippen molar-refractivity contribution in [2.45, 2.75) is 0 Å². The van der Waals surface area contributed by atoms with Crippen molar-refractivity contribution >= 4 is 28.3 Å². The smallest absolute Gasteiger partial charge is 0.261 e. The molecular formula is C21H17N5O2. The molecule has 0 aliphatic rings. The molecular weight excluding hydrogens is 354 g/mol. The summed E-state index contributed by atoms with van der Waals surface area (Å²) < 4.78 is 1.47. The highest BCUT2D eigenvalue weighted by Gasteiger charge is 2.17. The minimum Gasteiger partial charge on any atom is -0.399 e. The van der Waals surface area contributed by atoms with Crippen LogP contribution in [0.4, 0.5) is 11.5 Å². The van der Waals surface area contributed by atoms with Crippen molar-refractivity contribution in [1.82, 2.24) is 14.5 Å². The van der Waals surface area contributed by atoms with Crippen molar-refractivity contribution in [1.29, 1.82) is 0 Å². The van der Waals surface area contributed by atoms with Crippen LogP contribution in [-0.2, 0) is 7.05 Å². The Morgan fingerprint density at radius 3 is 2.54 bits per heavy atom. The van der Waals surface area contributed by atoms with Gasteiger partial charge in [-0.1, -0.05) is 12.1 Å². The van der Waals surface area contributed by atoms with Gasteiger partial charge in [-0.2, -0.15) is 0 Å². The maximum atomic E-state index is 12.9. The van der Waals surface area contributed by atoms with Crippen LogP contribution in [0, 0.1) is 0 Å². The minimum atomic E-state index is -0.381. The maximum absolute atomic E-state index is 12.9. The number of pyridine rings is 1. The molecule has 7 heteroatoms. The molecule has 0 fully saturated rings. The fourth-order valence-corrected chi connectivity index (χ4v) is 2.99. The second kappa shape index (κ2) is 6.96. The van der Waals surface area contributed by atoms with Gasteiger partial charge in [0.2, 0.25) is 0 Å². The first-order valence-corrected chi connectivity index (χ1v) is 8.62.